The number of nitrogens with zero attached hydrogens (tertiary/aromatic N) is 3. The third-order valence-corrected chi connectivity index (χ3v) is 3.16. The molecule has 15 heavy (non-hydrogen) atoms. The highest BCUT2D eigenvalue weighted by atomic mass is 79.9. The highest BCUT2D eigenvalue weighted by molar-refractivity contribution is 9.10. The first kappa shape index (κ1) is 10.8. The van der Waals surface area contributed by atoms with Crippen molar-refractivity contribution in [2.75, 3.05) is 24.5 Å². The average Bonchev–Trinajstić information content (AvgIpc) is 2.68. The Bertz CT molecular complexity index is 314. The van der Waals surface area contributed by atoms with Gasteiger partial charge in [0.05, 0.1) is 4.47 Å². The second-order valence-electron chi connectivity index (χ2n) is 3.88. The number of aromatic nitrogens is 2. The molecule has 5 heteroatoms. The standard InChI is InChI=1S/C10H15BrN4/c11-9-5-13-10(14-6-9)15-4-2-8(7-15)1-3-12/h5-6,8H,1-4,7,12H2. The minimum absolute atomic E-state index is 0.710. The summed E-state index contributed by atoms with van der Waals surface area (Å²) in [5.74, 6) is 1.54. The van der Waals surface area contributed by atoms with E-state index >= 15 is 0 Å². The van der Waals surface area contributed by atoms with Crippen LogP contribution in [0.4, 0.5) is 5.95 Å². The van der Waals surface area contributed by atoms with Crippen LogP contribution in [0.2, 0.25) is 0 Å². The third kappa shape index (κ3) is 2.66. The van der Waals surface area contributed by atoms with E-state index in [1.54, 1.807) is 12.4 Å². The van der Waals surface area contributed by atoms with Crippen molar-refractivity contribution < 1.29 is 0 Å². The second kappa shape index (κ2) is 4.90. The molecule has 0 saturated carbocycles. The summed E-state index contributed by atoms with van der Waals surface area (Å²) < 4.78 is 0.920. The van der Waals surface area contributed by atoms with Crippen molar-refractivity contribution in [2.45, 2.75) is 12.8 Å². The maximum absolute atomic E-state index is 5.56. The minimum Gasteiger partial charge on any atom is -0.341 e. The monoisotopic (exact) mass is 270 g/mol. The highest BCUT2D eigenvalue weighted by Gasteiger charge is 2.23. The van der Waals surface area contributed by atoms with E-state index in [9.17, 15) is 0 Å². The first-order valence-corrected chi connectivity index (χ1v) is 6.01. The van der Waals surface area contributed by atoms with Gasteiger partial charge < -0.3 is 10.6 Å². The second-order valence-corrected chi connectivity index (χ2v) is 4.80. The minimum atomic E-state index is 0.710. The highest BCUT2D eigenvalue weighted by Crippen LogP contribution is 2.22. The molecular weight excluding hydrogens is 256 g/mol. The van der Waals surface area contributed by atoms with Crippen molar-refractivity contribution in [2.24, 2.45) is 11.7 Å². The van der Waals surface area contributed by atoms with E-state index in [1.165, 1.54) is 6.42 Å². The van der Waals surface area contributed by atoms with Crippen LogP contribution in [-0.2, 0) is 0 Å². The molecule has 1 unspecified atom stereocenters. The molecule has 0 spiro atoms. The summed E-state index contributed by atoms with van der Waals surface area (Å²) >= 11 is 3.33. The van der Waals surface area contributed by atoms with Gasteiger partial charge in [-0.05, 0) is 41.2 Å². The Labute approximate surface area is 98.0 Å². The zero-order valence-corrected chi connectivity index (χ0v) is 10.2. The fourth-order valence-corrected chi connectivity index (χ4v) is 2.16. The van der Waals surface area contributed by atoms with Crippen LogP contribution in [0, 0.1) is 5.92 Å². The quantitative estimate of drug-likeness (QED) is 0.903. The molecule has 1 saturated heterocycles. The molecule has 0 bridgehead atoms. The molecule has 1 aromatic heterocycles. The maximum Gasteiger partial charge on any atom is 0.225 e. The topological polar surface area (TPSA) is 55.0 Å². The maximum atomic E-state index is 5.56. The molecule has 1 fully saturated rings. The van der Waals surface area contributed by atoms with E-state index in [2.05, 4.69) is 30.8 Å². The summed E-state index contributed by atoms with van der Waals surface area (Å²) in [7, 11) is 0. The zero-order chi connectivity index (χ0) is 10.7. The molecule has 0 aromatic carbocycles. The molecule has 0 amide bonds. The summed E-state index contributed by atoms with van der Waals surface area (Å²) in [5, 5.41) is 0. The molecule has 82 valence electrons. The lowest BCUT2D eigenvalue weighted by molar-refractivity contribution is 0.545. The Morgan fingerprint density at radius 1 is 1.47 bits per heavy atom. The summed E-state index contributed by atoms with van der Waals surface area (Å²) in [5.41, 5.74) is 5.56. The van der Waals surface area contributed by atoms with E-state index < -0.39 is 0 Å². The lowest BCUT2D eigenvalue weighted by Gasteiger charge is -2.15. The van der Waals surface area contributed by atoms with E-state index in [4.69, 9.17) is 5.73 Å². The van der Waals surface area contributed by atoms with Gasteiger partial charge in [-0.2, -0.15) is 0 Å². The number of nitrogens with two attached hydrogens (primary N) is 1. The Kier molecular flexibility index (Phi) is 3.53. The van der Waals surface area contributed by atoms with Crippen molar-refractivity contribution in [3.05, 3.63) is 16.9 Å². The molecule has 4 nitrogen and oxygen atoms in total. The first-order chi connectivity index (χ1) is 7.29. The predicted molar refractivity (Wildman–Crippen MR) is 63.7 cm³/mol. The van der Waals surface area contributed by atoms with Crippen LogP contribution in [-0.4, -0.2) is 29.6 Å². The fourth-order valence-electron chi connectivity index (χ4n) is 1.95. The Morgan fingerprint density at radius 3 is 2.87 bits per heavy atom. The van der Waals surface area contributed by atoms with E-state index in [0.29, 0.717) is 5.92 Å². The molecule has 1 aliphatic heterocycles. The molecule has 0 radical (unpaired) electrons. The normalized spacial score (nSPS) is 20.9. The van der Waals surface area contributed by atoms with Crippen LogP contribution in [0.3, 0.4) is 0 Å². The van der Waals surface area contributed by atoms with Gasteiger partial charge in [0.15, 0.2) is 0 Å². The van der Waals surface area contributed by atoms with Gasteiger partial charge in [0.25, 0.3) is 0 Å². The van der Waals surface area contributed by atoms with Crippen LogP contribution in [0.15, 0.2) is 16.9 Å². The third-order valence-electron chi connectivity index (χ3n) is 2.75. The van der Waals surface area contributed by atoms with Crippen molar-refractivity contribution in [1.82, 2.24) is 9.97 Å². The van der Waals surface area contributed by atoms with Crippen LogP contribution in [0.1, 0.15) is 12.8 Å². The lowest BCUT2D eigenvalue weighted by Crippen LogP contribution is -2.22. The number of hydrogen-bond donors (Lipinski definition) is 1. The Morgan fingerprint density at radius 2 is 2.20 bits per heavy atom. The van der Waals surface area contributed by atoms with Gasteiger partial charge in [-0.15, -0.1) is 0 Å². The number of hydrogen-bond acceptors (Lipinski definition) is 4. The fraction of sp³-hybridized carbons (Fsp3) is 0.600. The molecule has 2 rings (SSSR count). The summed E-state index contributed by atoms with van der Waals surface area (Å²) in [4.78, 5) is 10.8. The number of rotatable bonds is 3. The van der Waals surface area contributed by atoms with Gasteiger partial charge in [-0.1, -0.05) is 0 Å². The summed E-state index contributed by atoms with van der Waals surface area (Å²) in [6, 6.07) is 0. The van der Waals surface area contributed by atoms with E-state index in [-0.39, 0.29) is 0 Å². The average molecular weight is 271 g/mol. The zero-order valence-electron chi connectivity index (χ0n) is 8.56. The molecule has 1 atom stereocenters. The van der Waals surface area contributed by atoms with Crippen LogP contribution in [0.25, 0.3) is 0 Å². The number of anilines is 1. The molecular formula is C10H15BrN4. The van der Waals surface area contributed by atoms with E-state index in [0.717, 1.165) is 36.5 Å². The smallest absolute Gasteiger partial charge is 0.225 e. The SMILES string of the molecule is NCCC1CCN(c2ncc(Br)cn2)C1. The lowest BCUT2D eigenvalue weighted by atomic mass is 10.1. The number of halogens is 1. The Hall–Kier alpha value is -0.680. The summed E-state index contributed by atoms with van der Waals surface area (Å²) in [6.07, 6.45) is 5.89. The van der Waals surface area contributed by atoms with Crippen molar-refractivity contribution >= 4 is 21.9 Å². The summed E-state index contributed by atoms with van der Waals surface area (Å²) in [6.45, 7) is 2.87. The molecule has 2 heterocycles. The van der Waals surface area contributed by atoms with Crippen LogP contribution in [0.5, 0.6) is 0 Å². The molecule has 1 aliphatic rings. The predicted octanol–water partition coefficient (Wildman–Crippen LogP) is 1.41. The molecule has 0 aliphatic carbocycles. The van der Waals surface area contributed by atoms with Crippen LogP contribution >= 0.6 is 15.9 Å². The van der Waals surface area contributed by atoms with Gasteiger partial charge in [-0.25, -0.2) is 9.97 Å². The van der Waals surface area contributed by atoms with Crippen molar-refractivity contribution in [1.29, 1.82) is 0 Å². The van der Waals surface area contributed by atoms with Crippen molar-refractivity contribution in [3.63, 3.8) is 0 Å². The first-order valence-electron chi connectivity index (χ1n) is 5.22. The van der Waals surface area contributed by atoms with Gasteiger partial charge in [0.1, 0.15) is 0 Å². The van der Waals surface area contributed by atoms with Gasteiger partial charge in [-0.3, -0.25) is 0 Å². The van der Waals surface area contributed by atoms with Crippen molar-refractivity contribution in [3.8, 4) is 0 Å². The van der Waals surface area contributed by atoms with Gasteiger partial charge in [0, 0.05) is 25.5 Å². The largest absolute Gasteiger partial charge is 0.341 e. The van der Waals surface area contributed by atoms with E-state index in [1.807, 2.05) is 0 Å². The van der Waals surface area contributed by atoms with Gasteiger partial charge >= 0.3 is 0 Å². The van der Waals surface area contributed by atoms with Gasteiger partial charge in [0.2, 0.25) is 5.95 Å². The molecule has 1 aromatic rings. The molecule has 2 N–H and O–H groups in total. The van der Waals surface area contributed by atoms with Crippen LogP contribution < -0.4 is 10.6 Å². The Balaban J connectivity index is 1.98.